The smallest absolute Gasteiger partial charge is 0.275 e. The van der Waals surface area contributed by atoms with Crippen molar-refractivity contribution in [3.63, 3.8) is 0 Å². The van der Waals surface area contributed by atoms with Crippen LogP contribution in [-0.4, -0.2) is 23.0 Å². The van der Waals surface area contributed by atoms with Crippen LogP contribution in [0, 0.1) is 0 Å². The van der Waals surface area contributed by atoms with Gasteiger partial charge in [0.25, 0.3) is 5.92 Å². The van der Waals surface area contributed by atoms with Gasteiger partial charge in [0.1, 0.15) is 0 Å². The van der Waals surface area contributed by atoms with Crippen molar-refractivity contribution in [2.75, 3.05) is 5.75 Å². The maximum absolute atomic E-state index is 12.9. The van der Waals surface area contributed by atoms with E-state index in [1.165, 1.54) is 0 Å². The Labute approximate surface area is 109 Å². The van der Waals surface area contributed by atoms with Crippen LogP contribution in [0.25, 0.3) is 0 Å². The molecule has 0 aliphatic rings. The summed E-state index contributed by atoms with van der Waals surface area (Å²) >= 11 is 1.03. The van der Waals surface area contributed by atoms with Crippen LogP contribution >= 0.6 is 11.8 Å². The van der Waals surface area contributed by atoms with Gasteiger partial charge in [-0.25, -0.2) is 13.2 Å². The highest BCUT2D eigenvalue weighted by Crippen LogP contribution is 2.25. The van der Waals surface area contributed by atoms with E-state index in [0.29, 0.717) is 18.2 Å². The van der Waals surface area contributed by atoms with E-state index >= 15 is 0 Å². The molecule has 1 unspecified atom stereocenters. The lowest BCUT2D eigenvalue weighted by molar-refractivity contribution is -0.0578. The molecule has 0 radical (unpaired) electrons. The topological polar surface area (TPSA) is 17.1 Å². The SMILES string of the molecule is CC(F)(F)C(F)CCCSC(=O)c1ccccc1. The zero-order chi connectivity index (χ0) is 13.6. The van der Waals surface area contributed by atoms with Crippen molar-refractivity contribution in [1.29, 1.82) is 0 Å². The number of benzene rings is 1. The van der Waals surface area contributed by atoms with Crippen LogP contribution in [0.5, 0.6) is 0 Å². The van der Waals surface area contributed by atoms with Gasteiger partial charge in [0.05, 0.1) is 0 Å². The van der Waals surface area contributed by atoms with Crippen LogP contribution in [0.1, 0.15) is 30.1 Å². The molecule has 0 spiro atoms. The summed E-state index contributed by atoms with van der Waals surface area (Å²) in [6, 6.07) is 8.69. The second-order valence-electron chi connectivity index (χ2n) is 4.07. The fraction of sp³-hybridized carbons (Fsp3) is 0.462. The summed E-state index contributed by atoms with van der Waals surface area (Å²) in [6.45, 7) is 0.569. The second kappa shape index (κ2) is 6.83. The summed E-state index contributed by atoms with van der Waals surface area (Å²) < 4.78 is 37.9. The van der Waals surface area contributed by atoms with E-state index in [0.717, 1.165) is 11.8 Å². The van der Waals surface area contributed by atoms with E-state index in [2.05, 4.69) is 0 Å². The van der Waals surface area contributed by atoms with Gasteiger partial charge in [-0.3, -0.25) is 4.79 Å². The predicted molar refractivity (Wildman–Crippen MR) is 68.0 cm³/mol. The molecule has 1 aromatic carbocycles. The number of halogens is 3. The van der Waals surface area contributed by atoms with Crippen molar-refractivity contribution < 1.29 is 18.0 Å². The van der Waals surface area contributed by atoms with Gasteiger partial charge in [-0.05, 0) is 12.8 Å². The van der Waals surface area contributed by atoms with Crippen LogP contribution in [0.3, 0.4) is 0 Å². The second-order valence-corrected chi connectivity index (χ2v) is 5.14. The molecule has 1 atom stereocenters. The van der Waals surface area contributed by atoms with Gasteiger partial charge in [0, 0.05) is 18.2 Å². The molecule has 0 N–H and O–H groups in total. The average Bonchev–Trinajstić information content (AvgIpc) is 2.34. The van der Waals surface area contributed by atoms with Crippen LogP contribution in [0.4, 0.5) is 13.2 Å². The zero-order valence-electron chi connectivity index (χ0n) is 10.0. The van der Waals surface area contributed by atoms with Gasteiger partial charge in [0.15, 0.2) is 6.17 Å². The first-order chi connectivity index (χ1) is 8.41. The molecule has 1 nitrogen and oxygen atoms in total. The van der Waals surface area contributed by atoms with Gasteiger partial charge in [0.2, 0.25) is 5.12 Å². The quantitative estimate of drug-likeness (QED) is 0.719. The maximum Gasteiger partial charge on any atom is 0.275 e. The molecular weight excluding hydrogens is 261 g/mol. The van der Waals surface area contributed by atoms with Crippen LogP contribution in [0.15, 0.2) is 30.3 Å². The Morgan fingerprint density at radius 2 is 1.94 bits per heavy atom. The maximum atomic E-state index is 12.9. The largest absolute Gasteiger partial charge is 0.282 e. The molecule has 100 valence electrons. The minimum atomic E-state index is -3.30. The first-order valence-corrected chi connectivity index (χ1v) is 6.64. The molecule has 0 fully saturated rings. The Balaban J connectivity index is 2.25. The summed E-state index contributed by atoms with van der Waals surface area (Å²) in [6.07, 6.45) is -2.10. The summed E-state index contributed by atoms with van der Waals surface area (Å²) in [5.41, 5.74) is 0.570. The molecule has 0 heterocycles. The van der Waals surface area contributed by atoms with Gasteiger partial charge in [-0.15, -0.1) is 0 Å². The van der Waals surface area contributed by atoms with Crippen molar-refractivity contribution in [1.82, 2.24) is 0 Å². The summed E-state index contributed by atoms with van der Waals surface area (Å²) in [7, 11) is 0. The van der Waals surface area contributed by atoms with E-state index in [9.17, 15) is 18.0 Å². The van der Waals surface area contributed by atoms with Crippen LogP contribution in [-0.2, 0) is 0 Å². The molecule has 0 aromatic heterocycles. The zero-order valence-corrected chi connectivity index (χ0v) is 10.9. The Morgan fingerprint density at radius 1 is 1.33 bits per heavy atom. The van der Waals surface area contributed by atoms with Gasteiger partial charge < -0.3 is 0 Å². The van der Waals surface area contributed by atoms with E-state index in [-0.39, 0.29) is 18.0 Å². The number of carbonyl (C=O) groups is 1. The summed E-state index contributed by atoms with van der Waals surface area (Å²) in [4.78, 5) is 11.6. The molecule has 0 saturated carbocycles. The van der Waals surface area contributed by atoms with Crippen molar-refractivity contribution in [2.45, 2.75) is 31.9 Å². The highest BCUT2D eigenvalue weighted by molar-refractivity contribution is 8.14. The fourth-order valence-corrected chi connectivity index (χ4v) is 2.14. The fourth-order valence-electron chi connectivity index (χ4n) is 1.34. The molecule has 5 heteroatoms. The van der Waals surface area contributed by atoms with Crippen molar-refractivity contribution >= 4 is 16.9 Å². The van der Waals surface area contributed by atoms with E-state index in [1.54, 1.807) is 30.3 Å². The Hall–Kier alpha value is -0.970. The lowest BCUT2D eigenvalue weighted by Crippen LogP contribution is -2.25. The summed E-state index contributed by atoms with van der Waals surface area (Å²) in [5.74, 6) is -2.95. The monoisotopic (exact) mass is 276 g/mol. The molecular formula is C13H15F3OS. The van der Waals surface area contributed by atoms with Gasteiger partial charge >= 0.3 is 0 Å². The van der Waals surface area contributed by atoms with Gasteiger partial charge in [-0.2, -0.15) is 0 Å². The number of alkyl halides is 3. The lowest BCUT2D eigenvalue weighted by Gasteiger charge is -2.15. The molecule has 0 aliphatic heterocycles. The molecule has 0 aliphatic carbocycles. The van der Waals surface area contributed by atoms with Gasteiger partial charge in [-0.1, -0.05) is 42.1 Å². The van der Waals surface area contributed by atoms with Crippen LogP contribution < -0.4 is 0 Å². The third-order valence-corrected chi connectivity index (χ3v) is 3.39. The average molecular weight is 276 g/mol. The normalized spacial score (nSPS) is 13.3. The minimum Gasteiger partial charge on any atom is -0.282 e. The minimum absolute atomic E-state index is 0.116. The lowest BCUT2D eigenvalue weighted by atomic mass is 10.1. The number of carbonyl (C=O) groups excluding carboxylic acids is 1. The van der Waals surface area contributed by atoms with Crippen molar-refractivity contribution in [3.8, 4) is 0 Å². The Bertz CT molecular complexity index is 376. The van der Waals surface area contributed by atoms with Crippen molar-refractivity contribution in [2.24, 2.45) is 0 Å². The first-order valence-electron chi connectivity index (χ1n) is 5.65. The molecule has 1 aromatic rings. The van der Waals surface area contributed by atoms with Crippen molar-refractivity contribution in [3.05, 3.63) is 35.9 Å². The Kier molecular flexibility index (Phi) is 5.72. The van der Waals surface area contributed by atoms with E-state index < -0.39 is 12.1 Å². The number of hydrogen-bond donors (Lipinski definition) is 0. The molecule has 18 heavy (non-hydrogen) atoms. The number of thioether (sulfide) groups is 1. The predicted octanol–water partition coefficient (Wildman–Crippen LogP) is 4.33. The molecule has 0 saturated heterocycles. The highest BCUT2D eigenvalue weighted by atomic mass is 32.2. The summed E-state index contributed by atoms with van der Waals surface area (Å²) in [5, 5.41) is -0.116. The van der Waals surface area contributed by atoms with E-state index in [4.69, 9.17) is 0 Å². The first kappa shape index (κ1) is 15.1. The molecule has 0 amide bonds. The van der Waals surface area contributed by atoms with Crippen LogP contribution in [0.2, 0.25) is 0 Å². The van der Waals surface area contributed by atoms with E-state index in [1.807, 2.05) is 0 Å². The molecule has 1 rings (SSSR count). The highest BCUT2D eigenvalue weighted by Gasteiger charge is 2.33. The Morgan fingerprint density at radius 3 is 2.50 bits per heavy atom. The third kappa shape index (κ3) is 5.12. The number of rotatable bonds is 6. The number of hydrogen-bond acceptors (Lipinski definition) is 2. The molecule has 0 bridgehead atoms. The third-order valence-electron chi connectivity index (χ3n) is 2.39. The standard InChI is InChI=1S/C13H15F3OS/c1-13(15,16)11(14)8-5-9-18-12(17)10-6-3-2-4-7-10/h2-4,6-7,11H,5,8-9H2,1H3.